The Balaban J connectivity index is 1.52. The lowest BCUT2D eigenvalue weighted by atomic mass is 9.98. The highest BCUT2D eigenvalue weighted by atomic mass is 32.2. The summed E-state index contributed by atoms with van der Waals surface area (Å²) in [6.07, 6.45) is 5.07. The number of para-hydroxylation sites is 1. The summed E-state index contributed by atoms with van der Waals surface area (Å²) in [5.41, 5.74) is 2.31. The zero-order chi connectivity index (χ0) is 21.6. The number of amides is 1. The highest BCUT2D eigenvalue weighted by molar-refractivity contribution is 7.99. The molecule has 0 radical (unpaired) electrons. The summed E-state index contributed by atoms with van der Waals surface area (Å²) < 4.78 is 2.10. The van der Waals surface area contributed by atoms with Crippen LogP contribution in [0.1, 0.15) is 44.5 Å². The fourth-order valence-corrected chi connectivity index (χ4v) is 5.25. The molecular formula is C25H30N4OS. The van der Waals surface area contributed by atoms with Crippen molar-refractivity contribution in [3.05, 3.63) is 72.1 Å². The fraction of sp³-hybridized carbons (Fsp3) is 0.400. The van der Waals surface area contributed by atoms with Gasteiger partial charge in [0.2, 0.25) is 5.91 Å². The molecule has 1 aromatic heterocycles. The highest BCUT2D eigenvalue weighted by Gasteiger charge is 2.29. The van der Waals surface area contributed by atoms with Gasteiger partial charge in [0, 0.05) is 24.2 Å². The molecular weight excluding hydrogens is 404 g/mol. The Morgan fingerprint density at radius 2 is 1.58 bits per heavy atom. The fourth-order valence-electron chi connectivity index (χ4n) is 4.41. The number of carbonyl (C=O) groups excluding carboxylic acids is 1. The third kappa shape index (κ3) is 5.18. The lowest BCUT2D eigenvalue weighted by molar-refractivity contribution is -0.134. The van der Waals surface area contributed by atoms with Crippen LogP contribution in [-0.2, 0) is 17.6 Å². The second kappa shape index (κ2) is 10.1. The molecule has 6 heteroatoms. The van der Waals surface area contributed by atoms with E-state index in [0.717, 1.165) is 42.4 Å². The van der Waals surface area contributed by atoms with Gasteiger partial charge in [-0.05, 0) is 57.2 Å². The van der Waals surface area contributed by atoms with E-state index in [1.165, 1.54) is 23.7 Å². The first kappa shape index (κ1) is 21.6. The molecule has 4 rings (SSSR count). The summed E-state index contributed by atoms with van der Waals surface area (Å²) >= 11 is 1.49. The predicted octanol–water partition coefficient (Wildman–Crippen LogP) is 4.93. The van der Waals surface area contributed by atoms with Gasteiger partial charge in [-0.15, -0.1) is 10.2 Å². The van der Waals surface area contributed by atoms with Crippen LogP contribution in [0.5, 0.6) is 0 Å². The van der Waals surface area contributed by atoms with Crippen LogP contribution in [0.3, 0.4) is 0 Å². The maximum atomic E-state index is 13.0. The number of aryl methyl sites for hydroxylation is 2. The number of piperidine rings is 1. The molecule has 31 heavy (non-hydrogen) atoms. The number of carbonyl (C=O) groups is 1. The molecule has 2 aromatic carbocycles. The largest absolute Gasteiger partial charge is 0.337 e. The van der Waals surface area contributed by atoms with E-state index in [4.69, 9.17) is 0 Å². The van der Waals surface area contributed by atoms with E-state index in [0.29, 0.717) is 17.8 Å². The Labute approximate surface area is 188 Å². The zero-order valence-electron chi connectivity index (χ0n) is 18.3. The molecule has 1 aliphatic rings. The Bertz CT molecular complexity index is 979. The Hall–Kier alpha value is -2.60. The van der Waals surface area contributed by atoms with Gasteiger partial charge in [0.25, 0.3) is 0 Å². The molecule has 1 fully saturated rings. The number of rotatable bonds is 7. The SMILES string of the molecule is CC1CCCC(C)N1C(=O)CSc1nnc(CCc2ccccc2)n1-c1ccccc1. The monoisotopic (exact) mass is 434 g/mol. The molecule has 0 saturated carbocycles. The molecule has 0 N–H and O–H groups in total. The topological polar surface area (TPSA) is 51.0 Å². The molecule has 3 aromatic rings. The predicted molar refractivity (Wildman–Crippen MR) is 126 cm³/mol. The van der Waals surface area contributed by atoms with Gasteiger partial charge in [0.05, 0.1) is 5.75 Å². The average molecular weight is 435 g/mol. The van der Waals surface area contributed by atoms with Crippen molar-refractivity contribution in [2.45, 2.75) is 63.2 Å². The lowest BCUT2D eigenvalue weighted by Gasteiger charge is -2.39. The first-order valence-electron chi connectivity index (χ1n) is 11.1. The average Bonchev–Trinajstić information content (AvgIpc) is 3.20. The van der Waals surface area contributed by atoms with Gasteiger partial charge in [0.15, 0.2) is 5.16 Å². The van der Waals surface area contributed by atoms with Crippen LogP contribution >= 0.6 is 11.8 Å². The summed E-state index contributed by atoms with van der Waals surface area (Å²) in [7, 11) is 0. The van der Waals surface area contributed by atoms with Crippen LogP contribution in [0.15, 0.2) is 65.8 Å². The van der Waals surface area contributed by atoms with Gasteiger partial charge in [-0.25, -0.2) is 0 Å². The van der Waals surface area contributed by atoms with Gasteiger partial charge in [-0.2, -0.15) is 0 Å². The molecule has 0 aliphatic carbocycles. The summed E-state index contributed by atoms with van der Waals surface area (Å²) in [4.78, 5) is 15.1. The molecule has 1 aliphatic heterocycles. The third-order valence-electron chi connectivity index (χ3n) is 6.00. The quantitative estimate of drug-likeness (QED) is 0.495. The maximum Gasteiger partial charge on any atom is 0.233 e. The number of hydrogen-bond acceptors (Lipinski definition) is 4. The van der Waals surface area contributed by atoms with Gasteiger partial charge in [0.1, 0.15) is 5.82 Å². The number of hydrogen-bond donors (Lipinski definition) is 0. The van der Waals surface area contributed by atoms with Crippen molar-refractivity contribution in [1.29, 1.82) is 0 Å². The molecule has 162 valence electrons. The van der Waals surface area contributed by atoms with E-state index >= 15 is 0 Å². The third-order valence-corrected chi connectivity index (χ3v) is 6.91. The van der Waals surface area contributed by atoms with Crippen LogP contribution in [-0.4, -0.2) is 43.4 Å². The van der Waals surface area contributed by atoms with Crippen molar-refractivity contribution in [3.8, 4) is 5.69 Å². The van der Waals surface area contributed by atoms with Crippen LogP contribution in [0.25, 0.3) is 5.69 Å². The molecule has 0 spiro atoms. The zero-order valence-corrected chi connectivity index (χ0v) is 19.1. The Morgan fingerprint density at radius 3 is 2.26 bits per heavy atom. The minimum atomic E-state index is 0.193. The second-order valence-electron chi connectivity index (χ2n) is 8.27. The highest BCUT2D eigenvalue weighted by Crippen LogP contribution is 2.27. The van der Waals surface area contributed by atoms with Crippen molar-refractivity contribution in [2.24, 2.45) is 0 Å². The number of nitrogens with zero attached hydrogens (tertiary/aromatic N) is 4. The van der Waals surface area contributed by atoms with E-state index in [1.54, 1.807) is 0 Å². The maximum absolute atomic E-state index is 13.0. The minimum absolute atomic E-state index is 0.193. The minimum Gasteiger partial charge on any atom is -0.337 e. The summed E-state index contributed by atoms with van der Waals surface area (Å²) in [5, 5.41) is 9.74. The normalized spacial score (nSPS) is 18.8. The van der Waals surface area contributed by atoms with Crippen LogP contribution < -0.4 is 0 Å². The van der Waals surface area contributed by atoms with Gasteiger partial charge >= 0.3 is 0 Å². The van der Waals surface area contributed by atoms with E-state index in [1.807, 2.05) is 24.3 Å². The lowest BCUT2D eigenvalue weighted by Crippen LogP contribution is -2.48. The van der Waals surface area contributed by atoms with Gasteiger partial charge < -0.3 is 4.90 Å². The summed E-state index contributed by atoms with van der Waals surface area (Å²) in [6, 6.07) is 21.2. The van der Waals surface area contributed by atoms with E-state index in [9.17, 15) is 4.79 Å². The first-order chi connectivity index (χ1) is 15.1. The van der Waals surface area contributed by atoms with Crippen LogP contribution in [0, 0.1) is 0 Å². The van der Waals surface area contributed by atoms with Crippen molar-refractivity contribution in [2.75, 3.05) is 5.75 Å². The van der Waals surface area contributed by atoms with E-state index < -0.39 is 0 Å². The van der Waals surface area contributed by atoms with Gasteiger partial charge in [-0.3, -0.25) is 9.36 Å². The molecule has 2 atom stereocenters. The number of benzene rings is 2. The van der Waals surface area contributed by atoms with Crippen LogP contribution in [0.4, 0.5) is 0 Å². The van der Waals surface area contributed by atoms with Crippen molar-refractivity contribution in [3.63, 3.8) is 0 Å². The van der Waals surface area contributed by atoms with E-state index in [2.05, 4.69) is 69.9 Å². The first-order valence-corrected chi connectivity index (χ1v) is 12.1. The molecule has 2 unspecified atom stereocenters. The van der Waals surface area contributed by atoms with Crippen molar-refractivity contribution < 1.29 is 4.79 Å². The van der Waals surface area contributed by atoms with Crippen molar-refractivity contribution in [1.82, 2.24) is 19.7 Å². The van der Waals surface area contributed by atoms with Crippen molar-refractivity contribution >= 4 is 17.7 Å². The standard InChI is InChI=1S/C25H30N4OS/c1-19-10-9-11-20(2)28(19)24(30)18-31-25-27-26-23(17-16-21-12-5-3-6-13-21)29(25)22-14-7-4-8-15-22/h3-8,12-15,19-20H,9-11,16-18H2,1-2H3. The molecule has 2 heterocycles. The number of thioether (sulfide) groups is 1. The molecule has 1 saturated heterocycles. The van der Waals surface area contributed by atoms with Gasteiger partial charge in [-0.1, -0.05) is 60.3 Å². The number of likely N-dealkylation sites (tertiary alicyclic amines) is 1. The Kier molecular flexibility index (Phi) is 7.07. The van der Waals surface area contributed by atoms with Crippen LogP contribution in [0.2, 0.25) is 0 Å². The Morgan fingerprint density at radius 1 is 0.935 bits per heavy atom. The molecule has 0 bridgehead atoms. The number of aromatic nitrogens is 3. The smallest absolute Gasteiger partial charge is 0.233 e. The molecule has 1 amide bonds. The summed E-state index contributed by atoms with van der Waals surface area (Å²) in [5.74, 6) is 1.50. The van der Waals surface area contributed by atoms with E-state index in [-0.39, 0.29) is 5.91 Å². The molecule has 5 nitrogen and oxygen atoms in total. The summed E-state index contributed by atoms with van der Waals surface area (Å²) in [6.45, 7) is 4.32. The second-order valence-corrected chi connectivity index (χ2v) is 9.22.